The van der Waals surface area contributed by atoms with Gasteiger partial charge in [0.15, 0.2) is 0 Å². The van der Waals surface area contributed by atoms with Crippen LogP contribution in [0.5, 0.6) is 0 Å². The fourth-order valence-corrected chi connectivity index (χ4v) is 3.44. The van der Waals surface area contributed by atoms with Crippen LogP contribution >= 0.6 is 11.3 Å². The van der Waals surface area contributed by atoms with E-state index in [0.717, 1.165) is 17.6 Å². The van der Waals surface area contributed by atoms with Crippen molar-refractivity contribution >= 4 is 27.3 Å². The number of benzene rings is 1. The zero-order valence-electron chi connectivity index (χ0n) is 12.9. The van der Waals surface area contributed by atoms with E-state index in [1.165, 1.54) is 16.9 Å². The normalized spacial score (nSPS) is 11.3. The second-order valence-electron chi connectivity index (χ2n) is 5.17. The second-order valence-corrected chi connectivity index (χ2v) is 8.18. The molecule has 1 aromatic carbocycles. The molecular weight excluding hydrogens is 332 g/mol. The molecule has 0 bridgehead atoms. The minimum atomic E-state index is -3.17. The Bertz CT molecular complexity index is 740. The summed E-state index contributed by atoms with van der Waals surface area (Å²) in [7, 11) is -3.17. The Labute approximate surface area is 140 Å². The number of sulfonamides is 1. The summed E-state index contributed by atoms with van der Waals surface area (Å²) in [5.41, 5.74) is 1.19. The molecule has 0 fully saturated rings. The Kier molecular flexibility index (Phi) is 6.32. The molecule has 1 aromatic heterocycles. The van der Waals surface area contributed by atoms with Crippen molar-refractivity contribution in [2.24, 2.45) is 0 Å². The van der Waals surface area contributed by atoms with Crippen molar-refractivity contribution in [3.63, 3.8) is 0 Å². The van der Waals surface area contributed by atoms with Crippen molar-refractivity contribution in [2.45, 2.75) is 12.8 Å². The molecule has 124 valence electrons. The number of amides is 1. The van der Waals surface area contributed by atoms with Gasteiger partial charge in [-0.05, 0) is 30.5 Å². The molecule has 1 heterocycles. The van der Waals surface area contributed by atoms with Crippen LogP contribution in [0.3, 0.4) is 0 Å². The van der Waals surface area contributed by atoms with Crippen molar-refractivity contribution in [1.29, 1.82) is 0 Å². The first-order valence-corrected chi connectivity index (χ1v) is 10.0. The van der Waals surface area contributed by atoms with E-state index >= 15 is 0 Å². The van der Waals surface area contributed by atoms with Crippen LogP contribution in [-0.2, 0) is 22.9 Å². The van der Waals surface area contributed by atoms with Gasteiger partial charge in [0.1, 0.15) is 0 Å². The van der Waals surface area contributed by atoms with Gasteiger partial charge in [-0.2, -0.15) is 0 Å². The van der Waals surface area contributed by atoms with Crippen LogP contribution in [0.1, 0.15) is 20.1 Å². The minimum Gasteiger partial charge on any atom is -0.351 e. The lowest BCUT2D eigenvalue weighted by Gasteiger charge is -2.03. The standard InChI is InChI=1S/C16H20N2O3S2/c1-23(20,21)18-12-10-14-7-8-15(22-14)16(19)17-11-9-13-5-3-2-4-6-13/h2-8,18H,9-12H2,1H3,(H,17,19). The van der Waals surface area contributed by atoms with Gasteiger partial charge in [0.25, 0.3) is 5.91 Å². The Morgan fingerprint density at radius 3 is 2.48 bits per heavy atom. The van der Waals surface area contributed by atoms with Crippen molar-refractivity contribution in [2.75, 3.05) is 19.3 Å². The monoisotopic (exact) mass is 352 g/mol. The zero-order chi connectivity index (χ0) is 16.7. The predicted octanol–water partition coefficient (Wildman–Crippen LogP) is 1.81. The van der Waals surface area contributed by atoms with E-state index in [1.54, 1.807) is 6.07 Å². The third-order valence-electron chi connectivity index (χ3n) is 3.16. The summed E-state index contributed by atoms with van der Waals surface area (Å²) in [5.74, 6) is -0.0896. The first-order chi connectivity index (χ1) is 10.9. The van der Waals surface area contributed by atoms with Crippen molar-refractivity contribution in [3.05, 3.63) is 57.8 Å². The fraction of sp³-hybridized carbons (Fsp3) is 0.312. The van der Waals surface area contributed by atoms with Crippen LogP contribution < -0.4 is 10.0 Å². The Balaban J connectivity index is 1.77. The number of carbonyl (C=O) groups excluding carboxylic acids is 1. The average Bonchev–Trinajstić information content (AvgIpc) is 2.96. The second kappa shape index (κ2) is 8.24. The van der Waals surface area contributed by atoms with Gasteiger partial charge in [0.2, 0.25) is 10.0 Å². The summed E-state index contributed by atoms with van der Waals surface area (Å²) in [6.07, 6.45) is 2.51. The fourth-order valence-electron chi connectivity index (χ4n) is 2.05. The molecule has 23 heavy (non-hydrogen) atoms. The molecule has 0 aliphatic carbocycles. The highest BCUT2D eigenvalue weighted by Crippen LogP contribution is 2.16. The Hall–Kier alpha value is -1.70. The summed E-state index contributed by atoms with van der Waals surface area (Å²) in [6.45, 7) is 0.931. The minimum absolute atomic E-state index is 0.0896. The molecule has 0 spiro atoms. The van der Waals surface area contributed by atoms with E-state index in [0.29, 0.717) is 24.4 Å². The Morgan fingerprint density at radius 2 is 1.78 bits per heavy atom. The van der Waals surface area contributed by atoms with Crippen LogP contribution in [-0.4, -0.2) is 33.7 Å². The highest BCUT2D eigenvalue weighted by atomic mass is 32.2. The molecule has 2 N–H and O–H groups in total. The third kappa shape index (κ3) is 6.52. The molecule has 7 heteroatoms. The summed E-state index contributed by atoms with van der Waals surface area (Å²) in [6, 6.07) is 13.6. The van der Waals surface area contributed by atoms with E-state index in [2.05, 4.69) is 10.0 Å². The maximum Gasteiger partial charge on any atom is 0.261 e. The summed E-state index contributed by atoms with van der Waals surface area (Å²) in [5, 5.41) is 2.90. The van der Waals surface area contributed by atoms with Gasteiger partial charge < -0.3 is 5.32 Å². The molecule has 0 unspecified atom stereocenters. The molecular formula is C16H20N2O3S2. The van der Waals surface area contributed by atoms with Gasteiger partial charge in [-0.15, -0.1) is 11.3 Å². The highest BCUT2D eigenvalue weighted by Gasteiger charge is 2.09. The maximum absolute atomic E-state index is 12.1. The zero-order valence-corrected chi connectivity index (χ0v) is 14.5. The van der Waals surface area contributed by atoms with Gasteiger partial charge in [-0.25, -0.2) is 13.1 Å². The molecule has 2 rings (SSSR count). The molecule has 0 atom stereocenters. The van der Waals surface area contributed by atoms with Crippen LogP contribution in [0, 0.1) is 0 Å². The van der Waals surface area contributed by atoms with Gasteiger partial charge in [0.05, 0.1) is 11.1 Å². The van der Waals surface area contributed by atoms with Gasteiger partial charge in [0, 0.05) is 18.0 Å². The molecule has 1 amide bonds. The largest absolute Gasteiger partial charge is 0.351 e. The van der Waals surface area contributed by atoms with Gasteiger partial charge >= 0.3 is 0 Å². The van der Waals surface area contributed by atoms with E-state index < -0.39 is 10.0 Å². The van der Waals surface area contributed by atoms with Gasteiger partial charge in [-0.1, -0.05) is 30.3 Å². The van der Waals surface area contributed by atoms with Crippen molar-refractivity contribution in [1.82, 2.24) is 10.0 Å². The summed E-state index contributed by atoms with van der Waals surface area (Å²) in [4.78, 5) is 13.7. The van der Waals surface area contributed by atoms with Crippen LogP contribution in [0.15, 0.2) is 42.5 Å². The van der Waals surface area contributed by atoms with E-state index in [-0.39, 0.29) is 5.91 Å². The number of nitrogens with one attached hydrogen (secondary N) is 2. The Morgan fingerprint density at radius 1 is 1.04 bits per heavy atom. The van der Waals surface area contributed by atoms with Crippen molar-refractivity contribution < 1.29 is 13.2 Å². The summed E-state index contributed by atoms with van der Waals surface area (Å²) < 4.78 is 24.4. The van der Waals surface area contributed by atoms with E-state index in [1.807, 2.05) is 36.4 Å². The molecule has 0 radical (unpaired) electrons. The summed E-state index contributed by atoms with van der Waals surface area (Å²) >= 11 is 1.39. The molecule has 0 saturated carbocycles. The molecule has 0 aliphatic rings. The number of rotatable bonds is 8. The lowest BCUT2D eigenvalue weighted by Crippen LogP contribution is -2.25. The van der Waals surface area contributed by atoms with Crippen LogP contribution in [0.25, 0.3) is 0 Å². The third-order valence-corrected chi connectivity index (χ3v) is 5.04. The van der Waals surface area contributed by atoms with Gasteiger partial charge in [-0.3, -0.25) is 4.79 Å². The molecule has 2 aromatic rings. The number of carbonyl (C=O) groups is 1. The van der Waals surface area contributed by atoms with Crippen LogP contribution in [0.2, 0.25) is 0 Å². The number of hydrogen-bond donors (Lipinski definition) is 2. The van der Waals surface area contributed by atoms with Crippen molar-refractivity contribution in [3.8, 4) is 0 Å². The maximum atomic E-state index is 12.1. The first-order valence-electron chi connectivity index (χ1n) is 7.29. The SMILES string of the molecule is CS(=O)(=O)NCCc1ccc(C(=O)NCCc2ccccc2)s1. The highest BCUT2D eigenvalue weighted by molar-refractivity contribution is 7.88. The molecule has 0 aliphatic heterocycles. The number of thiophene rings is 1. The quantitative estimate of drug-likeness (QED) is 0.761. The smallest absolute Gasteiger partial charge is 0.261 e. The predicted molar refractivity (Wildman–Crippen MR) is 93.3 cm³/mol. The number of hydrogen-bond acceptors (Lipinski definition) is 4. The average molecular weight is 352 g/mol. The topological polar surface area (TPSA) is 75.3 Å². The van der Waals surface area contributed by atoms with E-state index in [9.17, 15) is 13.2 Å². The first kappa shape index (κ1) is 17.7. The molecule has 5 nitrogen and oxygen atoms in total. The van der Waals surface area contributed by atoms with E-state index in [4.69, 9.17) is 0 Å². The van der Waals surface area contributed by atoms with Crippen LogP contribution in [0.4, 0.5) is 0 Å². The molecule has 0 saturated heterocycles. The lowest BCUT2D eigenvalue weighted by molar-refractivity contribution is 0.0958. The lowest BCUT2D eigenvalue weighted by atomic mass is 10.1.